The van der Waals surface area contributed by atoms with Gasteiger partial charge in [-0.15, -0.1) is 0 Å². The van der Waals surface area contributed by atoms with Crippen LogP contribution in [0, 0.1) is 5.92 Å². The molecule has 1 fully saturated rings. The maximum absolute atomic E-state index is 11.9. The van der Waals surface area contributed by atoms with E-state index in [4.69, 9.17) is 5.73 Å². The van der Waals surface area contributed by atoms with Gasteiger partial charge < -0.3 is 10.6 Å². The highest BCUT2D eigenvalue weighted by molar-refractivity contribution is 5.76. The van der Waals surface area contributed by atoms with Gasteiger partial charge in [0.1, 0.15) is 0 Å². The van der Waals surface area contributed by atoms with Crippen molar-refractivity contribution in [2.24, 2.45) is 11.7 Å². The highest BCUT2D eigenvalue weighted by Gasteiger charge is 2.20. The number of rotatable bonds is 6. The summed E-state index contributed by atoms with van der Waals surface area (Å²) in [5.74, 6) is 0.948. The van der Waals surface area contributed by atoms with Gasteiger partial charge >= 0.3 is 0 Å². The molecule has 1 unspecified atom stereocenters. The van der Waals surface area contributed by atoms with E-state index in [1.165, 1.54) is 25.7 Å². The molecule has 94 valence electrons. The normalized spacial score (nSPS) is 18.7. The molecule has 1 rings (SSSR count). The molecule has 2 N–H and O–H groups in total. The number of hydrogen-bond donors (Lipinski definition) is 1. The summed E-state index contributed by atoms with van der Waals surface area (Å²) in [4.78, 5) is 13.7. The van der Waals surface area contributed by atoms with Crippen molar-refractivity contribution < 1.29 is 4.79 Å². The lowest BCUT2D eigenvalue weighted by molar-refractivity contribution is -0.130. The molecule has 1 amide bonds. The van der Waals surface area contributed by atoms with Crippen LogP contribution in [0.4, 0.5) is 0 Å². The minimum Gasteiger partial charge on any atom is -0.345 e. The highest BCUT2D eigenvalue weighted by atomic mass is 16.2. The summed E-state index contributed by atoms with van der Waals surface area (Å²) in [6, 6.07) is 0.0449. The van der Waals surface area contributed by atoms with Crippen LogP contribution in [0.15, 0.2) is 0 Å². The minimum absolute atomic E-state index is 0.0449. The summed E-state index contributed by atoms with van der Waals surface area (Å²) in [6.07, 6.45) is 7.77. The fourth-order valence-electron chi connectivity index (χ4n) is 2.54. The molecule has 3 heteroatoms. The zero-order valence-corrected chi connectivity index (χ0v) is 10.7. The Morgan fingerprint density at radius 3 is 2.62 bits per heavy atom. The summed E-state index contributed by atoms with van der Waals surface area (Å²) in [6.45, 7) is 3.03. The molecule has 0 aromatic heterocycles. The Hall–Kier alpha value is -0.570. The maximum atomic E-state index is 11.9. The van der Waals surface area contributed by atoms with E-state index >= 15 is 0 Å². The summed E-state index contributed by atoms with van der Waals surface area (Å²) >= 11 is 0. The quantitative estimate of drug-likeness (QED) is 0.754. The van der Waals surface area contributed by atoms with Crippen LogP contribution >= 0.6 is 0 Å². The van der Waals surface area contributed by atoms with Crippen molar-refractivity contribution in [3.63, 3.8) is 0 Å². The molecule has 0 radical (unpaired) electrons. The van der Waals surface area contributed by atoms with Gasteiger partial charge in [0.2, 0.25) is 5.91 Å². The van der Waals surface area contributed by atoms with E-state index in [0.29, 0.717) is 6.42 Å². The monoisotopic (exact) mass is 226 g/mol. The van der Waals surface area contributed by atoms with E-state index in [-0.39, 0.29) is 11.9 Å². The van der Waals surface area contributed by atoms with Crippen LogP contribution in [0.3, 0.4) is 0 Å². The molecule has 1 atom stereocenters. The van der Waals surface area contributed by atoms with Gasteiger partial charge in [0.15, 0.2) is 0 Å². The fraction of sp³-hybridized carbons (Fsp3) is 0.923. The number of hydrogen-bond acceptors (Lipinski definition) is 2. The van der Waals surface area contributed by atoms with Crippen molar-refractivity contribution in [2.45, 2.75) is 57.9 Å². The van der Waals surface area contributed by atoms with Crippen molar-refractivity contribution in [3.05, 3.63) is 0 Å². The van der Waals surface area contributed by atoms with Gasteiger partial charge in [-0.05, 0) is 25.2 Å². The van der Waals surface area contributed by atoms with E-state index in [1.807, 2.05) is 11.9 Å². The third-order valence-corrected chi connectivity index (χ3v) is 3.53. The lowest BCUT2D eigenvalue weighted by Gasteiger charge is -2.22. The van der Waals surface area contributed by atoms with E-state index < -0.39 is 0 Å². The summed E-state index contributed by atoms with van der Waals surface area (Å²) in [7, 11) is 1.92. The van der Waals surface area contributed by atoms with Crippen molar-refractivity contribution in [1.82, 2.24) is 4.90 Å². The molecular formula is C13H26N2O. The zero-order chi connectivity index (χ0) is 12.0. The highest BCUT2D eigenvalue weighted by Crippen LogP contribution is 2.25. The van der Waals surface area contributed by atoms with Gasteiger partial charge in [-0.3, -0.25) is 4.79 Å². The van der Waals surface area contributed by atoms with Crippen LogP contribution in [0.1, 0.15) is 51.9 Å². The molecule has 0 spiro atoms. The predicted octanol–water partition coefficient (Wildman–Crippen LogP) is 2.15. The molecule has 0 heterocycles. The smallest absolute Gasteiger partial charge is 0.223 e. The van der Waals surface area contributed by atoms with Crippen molar-refractivity contribution >= 4 is 5.91 Å². The molecule has 0 saturated heterocycles. The topological polar surface area (TPSA) is 46.3 Å². The number of amides is 1. The summed E-state index contributed by atoms with van der Waals surface area (Å²) in [5.41, 5.74) is 5.88. The zero-order valence-electron chi connectivity index (χ0n) is 10.7. The van der Waals surface area contributed by atoms with Crippen LogP contribution in [0.5, 0.6) is 0 Å². The van der Waals surface area contributed by atoms with Crippen LogP contribution in [0.2, 0.25) is 0 Å². The lowest BCUT2D eigenvalue weighted by Crippen LogP contribution is -2.35. The number of carbonyl (C=O) groups is 1. The molecule has 0 aromatic carbocycles. The average molecular weight is 226 g/mol. The van der Waals surface area contributed by atoms with Gasteiger partial charge in [-0.1, -0.05) is 26.2 Å². The van der Waals surface area contributed by atoms with Crippen molar-refractivity contribution in [3.8, 4) is 0 Å². The molecule has 1 aliphatic carbocycles. The van der Waals surface area contributed by atoms with Crippen molar-refractivity contribution in [2.75, 3.05) is 13.6 Å². The van der Waals surface area contributed by atoms with Gasteiger partial charge in [0.25, 0.3) is 0 Å². The molecule has 1 saturated carbocycles. The molecular weight excluding hydrogens is 200 g/mol. The summed E-state index contributed by atoms with van der Waals surface area (Å²) < 4.78 is 0. The first-order chi connectivity index (χ1) is 7.63. The Kier molecular flexibility index (Phi) is 5.81. The van der Waals surface area contributed by atoms with Gasteiger partial charge in [-0.2, -0.15) is 0 Å². The Morgan fingerprint density at radius 1 is 1.44 bits per heavy atom. The second-order valence-corrected chi connectivity index (χ2v) is 5.18. The Balaban J connectivity index is 2.23. The second-order valence-electron chi connectivity index (χ2n) is 5.18. The minimum atomic E-state index is 0.0449. The molecule has 0 bridgehead atoms. The van der Waals surface area contributed by atoms with Crippen LogP contribution in [-0.4, -0.2) is 30.4 Å². The molecule has 1 aliphatic rings. The van der Waals surface area contributed by atoms with Gasteiger partial charge in [0, 0.05) is 26.1 Å². The average Bonchev–Trinajstić information content (AvgIpc) is 2.70. The second kappa shape index (κ2) is 6.89. The fourth-order valence-corrected chi connectivity index (χ4v) is 2.54. The maximum Gasteiger partial charge on any atom is 0.223 e. The van der Waals surface area contributed by atoms with Crippen molar-refractivity contribution in [1.29, 1.82) is 0 Å². The SMILES string of the molecule is CCCC(N)CC(=O)N(C)CC1CCCC1. The molecule has 0 aliphatic heterocycles. The lowest BCUT2D eigenvalue weighted by atomic mass is 10.1. The first-order valence-electron chi connectivity index (χ1n) is 6.63. The largest absolute Gasteiger partial charge is 0.345 e. The first kappa shape index (κ1) is 13.5. The molecule has 16 heavy (non-hydrogen) atoms. The van der Waals surface area contributed by atoms with Crippen LogP contribution in [-0.2, 0) is 4.79 Å². The standard InChI is InChI=1S/C13H26N2O/c1-3-6-12(14)9-13(16)15(2)10-11-7-4-5-8-11/h11-12H,3-10,14H2,1-2H3. The van der Waals surface area contributed by atoms with Gasteiger partial charge in [-0.25, -0.2) is 0 Å². The molecule has 3 nitrogen and oxygen atoms in total. The van der Waals surface area contributed by atoms with Crippen LogP contribution in [0.25, 0.3) is 0 Å². The first-order valence-corrected chi connectivity index (χ1v) is 6.63. The van der Waals surface area contributed by atoms with Crippen LogP contribution < -0.4 is 5.73 Å². The summed E-state index contributed by atoms with van der Waals surface area (Å²) in [5, 5.41) is 0. The Labute approximate surface area is 99.4 Å². The third-order valence-electron chi connectivity index (χ3n) is 3.53. The van der Waals surface area contributed by atoms with E-state index in [1.54, 1.807) is 0 Å². The number of carbonyl (C=O) groups excluding carboxylic acids is 1. The Bertz CT molecular complexity index is 212. The number of nitrogens with zero attached hydrogens (tertiary/aromatic N) is 1. The third kappa shape index (κ3) is 4.52. The Morgan fingerprint density at radius 2 is 2.06 bits per heavy atom. The predicted molar refractivity (Wildman–Crippen MR) is 67.1 cm³/mol. The van der Waals surface area contributed by atoms with E-state index in [9.17, 15) is 4.79 Å². The van der Waals surface area contributed by atoms with E-state index in [2.05, 4.69) is 6.92 Å². The van der Waals surface area contributed by atoms with Gasteiger partial charge in [0.05, 0.1) is 0 Å². The molecule has 0 aromatic rings. The van der Waals surface area contributed by atoms with E-state index in [0.717, 1.165) is 25.3 Å². The number of nitrogens with two attached hydrogens (primary N) is 1.